The van der Waals surface area contributed by atoms with E-state index >= 15 is 0 Å². The molecule has 1 fully saturated rings. The monoisotopic (exact) mass is 507 g/mol. The van der Waals surface area contributed by atoms with E-state index in [0.717, 1.165) is 49.9 Å². The standard InChI is InChI=1S/C26H25N3O4S2/c1-16-12-18(17(2)29(16)20-8-10-21(33-3)11-9-20)13-23-25(31)28(26(32)35-23)15-24(30)27-19-6-5-7-22(14-19)34-4/h5-14H,15H2,1-4H3,(H,27,30)/b23-13-. The van der Waals surface area contributed by atoms with Gasteiger partial charge in [-0.2, -0.15) is 0 Å². The van der Waals surface area contributed by atoms with Crippen LogP contribution in [0.15, 0.2) is 64.4 Å². The molecule has 7 nitrogen and oxygen atoms in total. The van der Waals surface area contributed by atoms with Crippen LogP contribution in [0.1, 0.15) is 17.0 Å². The van der Waals surface area contributed by atoms with E-state index in [9.17, 15) is 14.4 Å². The van der Waals surface area contributed by atoms with Crippen molar-refractivity contribution in [3.63, 3.8) is 0 Å². The molecule has 1 saturated heterocycles. The molecule has 0 saturated carbocycles. The van der Waals surface area contributed by atoms with Crippen molar-refractivity contribution in [2.75, 3.05) is 25.2 Å². The molecule has 0 atom stereocenters. The molecule has 4 rings (SSSR count). The number of amides is 3. The second-order valence-corrected chi connectivity index (χ2v) is 9.78. The lowest BCUT2D eigenvalue weighted by Gasteiger charge is -2.12. The number of imide groups is 1. The lowest BCUT2D eigenvalue weighted by atomic mass is 10.2. The number of nitrogens with zero attached hydrogens (tertiary/aromatic N) is 2. The van der Waals surface area contributed by atoms with Crippen molar-refractivity contribution >= 4 is 52.3 Å². The van der Waals surface area contributed by atoms with Gasteiger partial charge in [0.1, 0.15) is 12.3 Å². The number of rotatable bonds is 7. The fourth-order valence-electron chi connectivity index (χ4n) is 3.88. The van der Waals surface area contributed by atoms with E-state index in [0.29, 0.717) is 10.6 Å². The number of carbonyl (C=O) groups excluding carboxylic acids is 3. The van der Waals surface area contributed by atoms with Gasteiger partial charge in [-0.25, -0.2) is 0 Å². The predicted molar refractivity (Wildman–Crippen MR) is 141 cm³/mol. The van der Waals surface area contributed by atoms with Gasteiger partial charge in [0.15, 0.2) is 0 Å². The molecule has 0 spiro atoms. The van der Waals surface area contributed by atoms with Gasteiger partial charge in [0, 0.05) is 27.7 Å². The Bertz CT molecular complexity index is 1330. The van der Waals surface area contributed by atoms with Gasteiger partial charge >= 0.3 is 0 Å². The van der Waals surface area contributed by atoms with Crippen LogP contribution in [0.25, 0.3) is 11.8 Å². The lowest BCUT2D eigenvalue weighted by Crippen LogP contribution is -2.36. The molecule has 180 valence electrons. The number of benzene rings is 2. The number of aryl methyl sites for hydroxylation is 1. The average molecular weight is 508 g/mol. The minimum Gasteiger partial charge on any atom is -0.497 e. The summed E-state index contributed by atoms with van der Waals surface area (Å²) in [5.74, 6) is -0.127. The van der Waals surface area contributed by atoms with Crippen LogP contribution >= 0.6 is 23.5 Å². The van der Waals surface area contributed by atoms with Crippen molar-refractivity contribution in [2.24, 2.45) is 0 Å². The van der Waals surface area contributed by atoms with E-state index in [4.69, 9.17) is 4.74 Å². The topological polar surface area (TPSA) is 80.6 Å². The molecule has 0 radical (unpaired) electrons. The number of ether oxygens (including phenoxy) is 1. The van der Waals surface area contributed by atoms with Gasteiger partial charge in [-0.3, -0.25) is 19.3 Å². The molecular weight excluding hydrogens is 482 g/mol. The van der Waals surface area contributed by atoms with Crippen LogP contribution in [-0.4, -0.2) is 46.4 Å². The number of aromatic nitrogens is 1. The maximum atomic E-state index is 13.0. The number of hydrogen-bond donors (Lipinski definition) is 1. The number of anilines is 1. The van der Waals surface area contributed by atoms with E-state index in [1.54, 1.807) is 31.0 Å². The predicted octanol–water partition coefficient (Wildman–Crippen LogP) is 5.50. The van der Waals surface area contributed by atoms with Crippen molar-refractivity contribution < 1.29 is 19.1 Å². The highest BCUT2D eigenvalue weighted by Gasteiger charge is 2.36. The zero-order valence-corrected chi connectivity index (χ0v) is 21.5. The Morgan fingerprint density at radius 3 is 2.54 bits per heavy atom. The normalized spacial score (nSPS) is 14.6. The first-order valence-corrected chi connectivity index (χ1v) is 12.9. The summed E-state index contributed by atoms with van der Waals surface area (Å²) in [6.07, 6.45) is 3.66. The number of hydrogen-bond acceptors (Lipinski definition) is 6. The van der Waals surface area contributed by atoms with Crippen LogP contribution in [0, 0.1) is 13.8 Å². The summed E-state index contributed by atoms with van der Waals surface area (Å²) in [7, 11) is 1.62. The van der Waals surface area contributed by atoms with Gasteiger partial charge in [0.25, 0.3) is 11.1 Å². The average Bonchev–Trinajstić information content (AvgIpc) is 3.28. The Balaban J connectivity index is 1.51. The quantitative estimate of drug-likeness (QED) is 0.336. The maximum absolute atomic E-state index is 13.0. The first-order valence-electron chi connectivity index (χ1n) is 10.8. The third-order valence-corrected chi connectivity index (χ3v) is 7.25. The van der Waals surface area contributed by atoms with Gasteiger partial charge in [-0.15, -0.1) is 11.8 Å². The minimum atomic E-state index is -0.470. The van der Waals surface area contributed by atoms with Gasteiger partial charge in [0.2, 0.25) is 5.91 Å². The van der Waals surface area contributed by atoms with Crippen LogP contribution in [0.2, 0.25) is 0 Å². The highest BCUT2D eigenvalue weighted by molar-refractivity contribution is 8.18. The first-order chi connectivity index (χ1) is 16.8. The zero-order valence-electron chi connectivity index (χ0n) is 19.8. The summed E-state index contributed by atoms with van der Waals surface area (Å²) in [5, 5.41) is 2.30. The number of nitrogens with one attached hydrogen (secondary N) is 1. The van der Waals surface area contributed by atoms with E-state index in [1.165, 1.54) is 0 Å². The molecule has 0 unspecified atom stereocenters. The van der Waals surface area contributed by atoms with Crippen LogP contribution in [-0.2, 0) is 9.59 Å². The van der Waals surface area contributed by atoms with Crippen molar-refractivity contribution in [1.82, 2.24) is 9.47 Å². The maximum Gasteiger partial charge on any atom is 0.294 e. The molecule has 2 heterocycles. The van der Waals surface area contributed by atoms with E-state index in [2.05, 4.69) is 9.88 Å². The second-order valence-electron chi connectivity index (χ2n) is 7.91. The van der Waals surface area contributed by atoms with Crippen molar-refractivity contribution in [3.8, 4) is 11.4 Å². The Hall–Kier alpha value is -3.43. The van der Waals surface area contributed by atoms with Crippen molar-refractivity contribution in [2.45, 2.75) is 18.7 Å². The molecule has 1 aromatic heterocycles. The SMILES string of the molecule is COc1ccc(-n2c(C)cc(/C=C3\SC(=O)N(CC(=O)Nc4cccc(SC)c4)C3=O)c2C)cc1. The van der Waals surface area contributed by atoms with E-state index in [1.807, 2.05) is 68.6 Å². The molecule has 1 aliphatic rings. The molecule has 2 aromatic carbocycles. The van der Waals surface area contributed by atoms with E-state index < -0.39 is 17.1 Å². The zero-order chi connectivity index (χ0) is 25.1. The van der Waals surface area contributed by atoms with Gasteiger partial charge in [0.05, 0.1) is 12.0 Å². The van der Waals surface area contributed by atoms with Crippen LogP contribution < -0.4 is 10.1 Å². The molecule has 3 aromatic rings. The van der Waals surface area contributed by atoms with Crippen molar-refractivity contribution in [1.29, 1.82) is 0 Å². The Morgan fingerprint density at radius 2 is 1.86 bits per heavy atom. The summed E-state index contributed by atoms with van der Waals surface area (Å²) >= 11 is 2.41. The Morgan fingerprint density at radius 1 is 1.11 bits per heavy atom. The summed E-state index contributed by atoms with van der Waals surface area (Å²) in [6, 6.07) is 17.1. The Labute approximate surface area is 212 Å². The van der Waals surface area contributed by atoms with E-state index in [-0.39, 0.29) is 6.54 Å². The summed E-state index contributed by atoms with van der Waals surface area (Å²) in [6.45, 7) is 3.61. The van der Waals surface area contributed by atoms with Gasteiger partial charge < -0.3 is 14.6 Å². The first kappa shape index (κ1) is 24.7. The van der Waals surface area contributed by atoms with Crippen LogP contribution in [0.5, 0.6) is 5.75 Å². The van der Waals surface area contributed by atoms with Crippen LogP contribution in [0.4, 0.5) is 10.5 Å². The highest BCUT2D eigenvalue weighted by Crippen LogP contribution is 2.34. The molecular formula is C26H25N3O4S2. The van der Waals surface area contributed by atoms with Gasteiger partial charge in [-0.1, -0.05) is 6.07 Å². The number of methoxy groups -OCH3 is 1. The molecule has 0 bridgehead atoms. The fraction of sp³-hybridized carbons (Fsp3) is 0.192. The van der Waals surface area contributed by atoms with Crippen LogP contribution in [0.3, 0.4) is 0 Å². The number of carbonyl (C=O) groups is 3. The third-order valence-electron chi connectivity index (χ3n) is 5.62. The molecule has 1 N–H and O–H groups in total. The second kappa shape index (κ2) is 10.5. The summed E-state index contributed by atoms with van der Waals surface area (Å²) in [4.78, 5) is 40.3. The summed E-state index contributed by atoms with van der Waals surface area (Å²) in [5.41, 5.74) is 4.35. The fourth-order valence-corrected chi connectivity index (χ4v) is 5.17. The molecule has 0 aliphatic carbocycles. The van der Waals surface area contributed by atoms with Crippen molar-refractivity contribution in [3.05, 3.63) is 76.5 Å². The third kappa shape index (κ3) is 5.31. The Kier molecular flexibility index (Phi) is 7.37. The minimum absolute atomic E-state index is 0.294. The molecule has 9 heteroatoms. The largest absolute Gasteiger partial charge is 0.497 e. The van der Waals surface area contributed by atoms with Gasteiger partial charge in [-0.05, 0) is 92.0 Å². The lowest BCUT2D eigenvalue weighted by molar-refractivity contribution is -0.127. The smallest absolute Gasteiger partial charge is 0.294 e. The molecule has 1 aliphatic heterocycles. The number of thioether (sulfide) groups is 2. The molecule has 35 heavy (non-hydrogen) atoms. The summed E-state index contributed by atoms with van der Waals surface area (Å²) < 4.78 is 7.31. The molecule has 3 amide bonds. The highest BCUT2D eigenvalue weighted by atomic mass is 32.2.